The number of rotatable bonds is 5. The van der Waals surface area contributed by atoms with Gasteiger partial charge in [0.05, 0.1) is 7.11 Å². The van der Waals surface area contributed by atoms with Gasteiger partial charge in [-0.05, 0) is 48.2 Å². The molecule has 0 saturated heterocycles. The molecule has 2 nitrogen and oxygen atoms in total. The number of halogens is 1. The van der Waals surface area contributed by atoms with E-state index in [1.807, 2.05) is 36.4 Å². The molecule has 0 saturated carbocycles. The van der Waals surface area contributed by atoms with Crippen molar-refractivity contribution in [2.75, 3.05) is 7.11 Å². The molecule has 2 N–H and O–H groups in total. The van der Waals surface area contributed by atoms with Crippen molar-refractivity contribution in [2.24, 2.45) is 5.73 Å². The molecule has 0 amide bonds. The van der Waals surface area contributed by atoms with Crippen molar-refractivity contribution in [3.05, 3.63) is 64.7 Å². The maximum Gasteiger partial charge on any atom is 0.118 e. The first-order valence-electron chi connectivity index (χ1n) is 6.33. The molecule has 100 valence electrons. The number of aryl methyl sites for hydroxylation is 1. The third kappa shape index (κ3) is 3.98. The first kappa shape index (κ1) is 13.9. The highest BCUT2D eigenvalue weighted by atomic mass is 35.5. The fourth-order valence-corrected chi connectivity index (χ4v) is 2.22. The highest BCUT2D eigenvalue weighted by Gasteiger charge is 2.06. The Balaban J connectivity index is 1.94. The number of ether oxygens (including phenoxy) is 1. The zero-order valence-corrected chi connectivity index (χ0v) is 11.7. The maximum absolute atomic E-state index is 6.18. The van der Waals surface area contributed by atoms with E-state index < -0.39 is 0 Å². The van der Waals surface area contributed by atoms with Gasteiger partial charge < -0.3 is 10.5 Å². The van der Waals surface area contributed by atoms with Crippen molar-refractivity contribution in [2.45, 2.75) is 18.9 Å². The fourth-order valence-electron chi connectivity index (χ4n) is 2.02. The van der Waals surface area contributed by atoms with Crippen molar-refractivity contribution >= 4 is 11.6 Å². The van der Waals surface area contributed by atoms with Gasteiger partial charge in [-0.1, -0.05) is 35.9 Å². The van der Waals surface area contributed by atoms with Crippen LogP contribution in [-0.2, 0) is 6.42 Å². The fraction of sp³-hybridized carbons (Fsp3) is 0.250. The predicted octanol–water partition coefficient (Wildman–Crippen LogP) is 3.98. The molecule has 2 aromatic carbocycles. The molecule has 0 fully saturated rings. The number of benzene rings is 2. The number of nitrogens with two attached hydrogens (primary N) is 1. The van der Waals surface area contributed by atoms with Crippen LogP contribution in [0, 0.1) is 0 Å². The Bertz CT molecular complexity index is 525. The summed E-state index contributed by atoms with van der Waals surface area (Å²) in [7, 11) is 1.67. The van der Waals surface area contributed by atoms with E-state index >= 15 is 0 Å². The average molecular weight is 276 g/mol. The Labute approximate surface area is 119 Å². The van der Waals surface area contributed by atoms with Crippen LogP contribution in [0.2, 0.25) is 5.02 Å². The van der Waals surface area contributed by atoms with Crippen molar-refractivity contribution in [3.63, 3.8) is 0 Å². The lowest BCUT2D eigenvalue weighted by Gasteiger charge is -2.12. The van der Waals surface area contributed by atoms with E-state index in [-0.39, 0.29) is 6.04 Å². The van der Waals surface area contributed by atoms with Crippen LogP contribution in [0.3, 0.4) is 0 Å². The van der Waals surface area contributed by atoms with Crippen LogP contribution >= 0.6 is 11.6 Å². The molecule has 0 aliphatic carbocycles. The maximum atomic E-state index is 6.18. The smallest absolute Gasteiger partial charge is 0.118 e. The Kier molecular flexibility index (Phi) is 4.83. The van der Waals surface area contributed by atoms with Crippen LogP contribution in [0.1, 0.15) is 23.6 Å². The zero-order chi connectivity index (χ0) is 13.7. The van der Waals surface area contributed by atoms with Crippen LogP contribution in [0.5, 0.6) is 5.75 Å². The molecule has 0 radical (unpaired) electrons. The van der Waals surface area contributed by atoms with Crippen molar-refractivity contribution in [3.8, 4) is 5.75 Å². The van der Waals surface area contributed by atoms with Gasteiger partial charge in [-0.2, -0.15) is 0 Å². The lowest BCUT2D eigenvalue weighted by molar-refractivity contribution is 0.414. The second-order valence-corrected chi connectivity index (χ2v) is 4.98. The molecule has 2 rings (SSSR count). The number of hydrogen-bond acceptors (Lipinski definition) is 2. The van der Waals surface area contributed by atoms with E-state index in [9.17, 15) is 0 Å². The predicted molar refractivity (Wildman–Crippen MR) is 79.7 cm³/mol. The lowest BCUT2D eigenvalue weighted by Crippen LogP contribution is -2.11. The summed E-state index contributed by atoms with van der Waals surface area (Å²) >= 11 is 5.97. The highest BCUT2D eigenvalue weighted by Crippen LogP contribution is 2.21. The van der Waals surface area contributed by atoms with E-state index in [0.717, 1.165) is 29.2 Å². The normalized spacial score (nSPS) is 12.2. The van der Waals surface area contributed by atoms with Crippen molar-refractivity contribution in [1.82, 2.24) is 0 Å². The molecule has 1 atom stereocenters. The van der Waals surface area contributed by atoms with Crippen LogP contribution in [0.25, 0.3) is 0 Å². The van der Waals surface area contributed by atoms with Crippen molar-refractivity contribution in [1.29, 1.82) is 0 Å². The van der Waals surface area contributed by atoms with Gasteiger partial charge in [0.2, 0.25) is 0 Å². The Morgan fingerprint density at radius 1 is 1.16 bits per heavy atom. The van der Waals surface area contributed by atoms with Gasteiger partial charge >= 0.3 is 0 Å². The topological polar surface area (TPSA) is 35.2 Å². The number of hydrogen-bond donors (Lipinski definition) is 1. The SMILES string of the molecule is COc1ccc(CCC(N)c2cccc(Cl)c2)cc1. The molecular weight excluding hydrogens is 258 g/mol. The van der Waals surface area contributed by atoms with Gasteiger partial charge in [0.1, 0.15) is 5.75 Å². The van der Waals surface area contributed by atoms with Gasteiger partial charge in [0.15, 0.2) is 0 Å². The average Bonchev–Trinajstić information content (AvgIpc) is 2.45. The monoisotopic (exact) mass is 275 g/mol. The molecule has 1 unspecified atom stereocenters. The minimum absolute atomic E-state index is 0.0146. The van der Waals surface area contributed by atoms with Gasteiger partial charge in [-0.3, -0.25) is 0 Å². The summed E-state index contributed by atoms with van der Waals surface area (Å²) in [6.07, 6.45) is 1.84. The second-order valence-electron chi connectivity index (χ2n) is 4.55. The molecule has 0 aliphatic rings. The van der Waals surface area contributed by atoms with E-state index in [1.165, 1.54) is 5.56 Å². The Morgan fingerprint density at radius 2 is 1.89 bits per heavy atom. The minimum Gasteiger partial charge on any atom is -0.497 e. The summed E-state index contributed by atoms with van der Waals surface area (Å²) < 4.78 is 5.14. The minimum atomic E-state index is 0.0146. The Morgan fingerprint density at radius 3 is 2.53 bits per heavy atom. The Hall–Kier alpha value is -1.51. The summed E-state index contributed by atoms with van der Waals surface area (Å²) in [5.41, 5.74) is 8.53. The summed E-state index contributed by atoms with van der Waals surface area (Å²) in [4.78, 5) is 0. The molecule has 19 heavy (non-hydrogen) atoms. The molecular formula is C16H18ClNO. The van der Waals surface area contributed by atoms with Gasteiger partial charge in [-0.25, -0.2) is 0 Å². The van der Waals surface area contributed by atoms with E-state index in [1.54, 1.807) is 7.11 Å². The number of methoxy groups -OCH3 is 1. The van der Waals surface area contributed by atoms with Gasteiger partial charge in [-0.15, -0.1) is 0 Å². The third-order valence-electron chi connectivity index (χ3n) is 3.18. The molecule has 2 aromatic rings. The largest absolute Gasteiger partial charge is 0.497 e. The van der Waals surface area contributed by atoms with Crippen LogP contribution < -0.4 is 10.5 Å². The molecule has 0 heterocycles. The first-order chi connectivity index (χ1) is 9.19. The molecule has 0 spiro atoms. The van der Waals surface area contributed by atoms with Gasteiger partial charge in [0.25, 0.3) is 0 Å². The highest BCUT2D eigenvalue weighted by molar-refractivity contribution is 6.30. The lowest BCUT2D eigenvalue weighted by atomic mass is 10.00. The van der Waals surface area contributed by atoms with Crippen LogP contribution in [0.4, 0.5) is 0 Å². The summed E-state index contributed by atoms with van der Waals surface area (Å²) in [6.45, 7) is 0. The summed E-state index contributed by atoms with van der Waals surface area (Å²) in [5.74, 6) is 0.878. The third-order valence-corrected chi connectivity index (χ3v) is 3.41. The summed E-state index contributed by atoms with van der Waals surface area (Å²) in [5, 5.41) is 0.734. The zero-order valence-electron chi connectivity index (χ0n) is 11.0. The van der Waals surface area contributed by atoms with Crippen LogP contribution in [-0.4, -0.2) is 7.11 Å². The molecule has 3 heteroatoms. The second kappa shape index (κ2) is 6.60. The molecule has 0 aliphatic heterocycles. The van der Waals surface area contributed by atoms with Crippen LogP contribution in [0.15, 0.2) is 48.5 Å². The van der Waals surface area contributed by atoms with Gasteiger partial charge in [0, 0.05) is 11.1 Å². The molecule has 0 aromatic heterocycles. The van der Waals surface area contributed by atoms with E-state index in [2.05, 4.69) is 12.1 Å². The first-order valence-corrected chi connectivity index (χ1v) is 6.71. The van der Waals surface area contributed by atoms with E-state index in [4.69, 9.17) is 22.1 Å². The van der Waals surface area contributed by atoms with E-state index in [0.29, 0.717) is 0 Å². The summed E-state index contributed by atoms with van der Waals surface area (Å²) in [6, 6.07) is 15.9. The molecule has 0 bridgehead atoms. The standard InChI is InChI=1S/C16H18ClNO/c1-19-15-8-5-12(6-9-15)7-10-16(18)13-3-2-4-14(17)11-13/h2-6,8-9,11,16H,7,10,18H2,1H3. The van der Waals surface area contributed by atoms with Crippen molar-refractivity contribution < 1.29 is 4.74 Å². The quantitative estimate of drug-likeness (QED) is 0.896.